The SMILES string of the molecule is COc1cc([N+](=O)[O-])ccc1C(=O)C(C)c1ccccn1. The molecule has 0 fully saturated rings. The average molecular weight is 286 g/mol. The van der Waals surface area contributed by atoms with Gasteiger partial charge in [-0.3, -0.25) is 19.9 Å². The maximum Gasteiger partial charge on any atom is 0.273 e. The summed E-state index contributed by atoms with van der Waals surface area (Å²) < 4.78 is 5.10. The van der Waals surface area contributed by atoms with E-state index in [-0.39, 0.29) is 17.2 Å². The number of non-ortho nitro benzene ring substituents is 1. The minimum absolute atomic E-state index is 0.117. The maximum absolute atomic E-state index is 12.5. The summed E-state index contributed by atoms with van der Waals surface area (Å²) in [6.07, 6.45) is 1.62. The first kappa shape index (κ1) is 14.6. The number of Topliss-reactive ketones (excluding diaryl/α,β-unsaturated/α-hetero) is 1. The lowest BCUT2D eigenvalue weighted by Crippen LogP contribution is -2.12. The molecule has 108 valence electrons. The summed E-state index contributed by atoms with van der Waals surface area (Å²) in [5.74, 6) is -0.459. The third-order valence-corrected chi connectivity index (χ3v) is 3.19. The summed E-state index contributed by atoms with van der Waals surface area (Å²) in [6.45, 7) is 1.74. The van der Waals surface area contributed by atoms with Crippen LogP contribution in [0, 0.1) is 10.1 Å². The molecule has 6 heteroatoms. The Morgan fingerprint density at radius 2 is 2.10 bits per heavy atom. The molecule has 0 N–H and O–H groups in total. The Bertz CT molecular complexity index is 671. The zero-order valence-corrected chi connectivity index (χ0v) is 11.6. The second-order valence-corrected chi connectivity index (χ2v) is 4.48. The van der Waals surface area contributed by atoms with Crippen molar-refractivity contribution in [3.8, 4) is 5.75 Å². The van der Waals surface area contributed by atoms with Crippen LogP contribution in [0.2, 0.25) is 0 Å². The number of rotatable bonds is 5. The first-order valence-electron chi connectivity index (χ1n) is 6.32. The fourth-order valence-corrected chi connectivity index (χ4v) is 2.00. The summed E-state index contributed by atoms with van der Waals surface area (Å²) in [7, 11) is 1.38. The van der Waals surface area contributed by atoms with Gasteiger partial charge in [0.25, 0.3) is 5.69 Å². The first-order valence-corrected chi connectivity index (χ1v) is 6.32. The van der Waals surface area contributed by atoms with Gasteiger partial charge in [-0.05, 0) is 25.1 Å². The predicted molar refractivity (Wildman–Crippen MR) is 76.6 cm³/mol. The van der Waals surface area contributed by atoms with Crippen LogP contribution in [-0.4, -0.2) is 22.8 Å². The Labute approximate surface area is 121 Å². The molecule has 0 aliphatic rings. The summed E-state index contributed by atoms with van der Waals surface area (Å²) >= 11 is 0. The van der Waals surface area contributed by atoms with Crippen molar-refractivity contribution in [3.63, 3.8) is 0 Å². The molecule has 1 atom stereocenters. The van der Waals surface area contributed by atoms with Crippen molar-refractivity contribution in [2.75, 3.05) is 7.11 Å². The Morgan fingerprint density at radius 3 is 2.67 bits per heavy atom. The molecule has 0 saturated heterocycles. The Balaban J connectivity index is 2.37. The second-order valence-electron chi connectivity index (χ2n) is 4.48. The van der Waals surface area contributed by atoms with Gasteiger partial charge in [0, 0.05) is 12.3 Å². The third-order valence-electron chi connectivity index (χ3n) is 3.19. The highest BCUT2D eigenvalue weighted by molar-refractivity contribution is 6.03. The molecule has 0 aliphatic heterocycles. The van der Waals surface area contributed by atoms with Crippen LogP contribution in [0.25, 0.3) is 0 Å². The number of aromatic nitrogens is 1. The molecule has 0 amide bonds. The summed E-state index contributed by atoms with van der Waals surface area (Å²) in [4.78, 5) is 26.9. The molecule has 2 rings (SSSR count). The highest BCUT2D eigenvalue weighted by atomic mass is 16.6. The molecule has 0 saturated carbocycles. The van der Waals surface area contributed by atoms with Crippen molar-refractivity contribution in [2.45, 2.75) is 12.8 Å². The van der Waals surface area contributed by atoms with Crippen LogP contribution in [0.5, 0.6) is 5.75 Å². The lowest BCUT2D eigenvalue weighted by atomic mass is 9.95. The quantitative estimate of drug-likeness (QED) is 0.479. The Hall–Kier alpha value is -2.76. The highest BCUT2D eigenvalue weighted by Crippen LogP contribution is 2.29. The molecule has 21 heavy (non-hydrogen) atoms. The van der Waals surface area contributed by atoms with Gasteiger partial charge in [0.2, 0.25) is 0 Å². The number of ether oxygens (including phenoxy) is 1. The third kappa shape index (κ3) is 3.05. The number of nitrogens with zero attached hydrogens (tertiary/aromatic N) is 2. The van der Waals surface area contributed by atoms with E-state index in [0.717, 1.165) is 0 Å². The minimum Gasteiger partial charge on any atom is -0.496 e. The number of carbonyl (C=O) groups is 1. The number of benzene rings is 1. The van der Waals surface area contributed by atoms with Gasteiger partial charge in [0.15, 0.2) is 5.78 Å². The number of nitro groups is 1. The molecule has 1 aromatic carbocycles. The topological polar surface area (TPSA) is 82.3 Å². The molecule has 1 aromatic heterocycles. The van der Waals surface area contributed by atoms with Crippen LogP contribution < -0.4 is 4.74 Å². The molecule has 0 bridgehead atoms. The standard InChI is InChI=1S/C15H14N2O4/c1-10(13-5-3-4-8-16-13)15(18)12-7-6-11(17(19)20)9-14(12)21-2/h3-10H,1-2H3. The van der Waals surface area contributed by atoms with Gasteiger partial charge in [-0.25, -0.2) is 0 Å². The van der Waals surface area contributed by atoms with E-state index in [1.54, 1.807) is 31.3 Å². The normalized spacial score (nSPS) is 11.7. The summed E-state index contributed by atoms with van der Waals surface area (Å²) in [5, 5.41) is 10.8. The molecule has 0 radical (unpaired) electrons. The fraction of sp³-hybridized carbons (Fsp3) is 0.200. The smallest absolute Gasteiger partial charge is 0.273 e. The van der Waals surface area contributed by atoms with Gasteiger partial charge >= 0.3 is 0 Å². The van der Waals surface area contributed by atoms with Crippen LogP contribution in [-0.2, 0) is 0 Å². The van der Waals surface area contributed by atoms with E-state index >= 15 is 0 Å². The molecule has 0 aliphatic carbocycles. The number of carbonyl (C=O) groups excluding carboxylic acids is 1. The molecular weight excluding hydrogens is 272 g/mol. The van der Waals surface area contributed by atoms with Crippen LogP contribution >= 0.6 is 0 Å². The zero-order valence-electron chi connectivity index (χ0n) is 11.6. The Morgan fingerprint density at radius 1 is 1.33 bits per heavy atom. The van der Waals surface area contributed by atoms with Crippen LogP contribution in [0.15, 0.2) is 42.6 Å². The number of methoxy groups -OCH3 is 1. The Kier molecular flexibility index (Phi) is 4.27. The van der Waals surface area contributed by atoms with Gasteiger partial charge in [0.05, 0.1) is 35.3 Å². The fourth-order valence-electron chi connectivity index (χ4n) is 2.00. The molecule has 0 spiro atoms. The molecule has 1 heterocycles. The van der Waals surface area contributed by atoms with Gasteiger partial charge < -0.3 is 4.74 Å². The molecule has 2 aromatic rings. The number of pyridine rings is 1. The predicted octanol–water partition coefficient (Wildman–Crippen LogP) is 2.98. The van der Waals surface area contributed by atoms with Gasteiger partial charge in [0.1, 0.15) is 5.75 Å². The highest BCUT2D eigenvalue weighted by Gasteiger charge is 2.23. The van der Waals surface area contributed by atoms with Crippen molar-refractivity contribution in [1.29, 1.82) is 0 Å². The van der Waals surface area contributed by atoms with E-state index in [0.29, 0.717) is 11.3 Å². The van der Waals surface area contributed by atoms with E-state index in [2.05, 4.69) is 4.98 Å². The number of hydrogen-bond acceptors (Lipinski definition) is 5. The van der Waals surface area contributed by atoms with Crippen molar-refractivity contribution in [1.82, 2.24) is 4.98 Å². The molecule has 1 unspecified atom stereocenters. The molecular formula is C15H14N2O4. The number of hydrogen-bond donors (Lipinski definition) is 0. The van der Waals surface area contributed by atoms with Crippen molar-refractivity contribution in [2.24, 2.45) is 0 Å². The van der Waals surface area contributed by atoms with Crippen LogP contribution in [0.1, 0.15) is 28.9 Å². The first-order chi connectivity index (χ1) is 10.0. The lowest BCUT2D eigenvalue weighted by molar-refractivity contribution is -0.384. The molecule has 6 nitrogen and oxygen atoms in total. The second kappa shape index (κ2) is 6.13. The van der Waals surface area contributed by atoms with Gasteiger partial charge in [-0.2, -0.15) is 0 Å². The van der Waals surface area contributed by atoms with E-state index in [4.69, 9.17) is 4.74 Å². The largest absolute Gasteiger partial charge is 0.496 e. The van der Waals surface area contributed by atoms with Crippen molar-refractivity contribution in [3.05, 3.63) is 64.0 Å². The van der Waals surface area contributed by atoms with Crippen molar-refractivity contribution >= 4 is 11.5 Å². The minimum atomic E-state index is -0.529. The van der Waals surface area contributed by atoms with Crippen LogP contribution in [0.3, 0.4) is 0 Å². The van der Waals surface area contributed by atoms with E-state index in [9.17, 15) is 14.9 Å². The number of ketones is 1. The van der Waals surface area contributed by atoms with Gasteiger partial charge in [-0.15, -0.1) is 0 Å². The lowest BCUT2D eigenvalue weighted by Gasteiger charge is -2.12. The van der Waals surface area contributed by atoms with Crippen LogP contribution in [0.4, 0.5) is 5.69 Å². The van der Waals surface area contributed by atoms with Crippen molar-refractivity contribution < 1.29 is 14.5 Å². The maximum atomic E-state index is 12.5. The number of nitro benzene ring substituents is 1. The van der Waals surface area contributed by atoms with E-state index in [1.165, 1.54) is 25.3 Å². The van der Waals surface area contributed by atoms with Gasteiger partial charge in [-0.1, -0.05) is 6.07 Å². The zero-order chi connectivity index (χ0) is 15.4. The van der Waals surface area contributed by atoms with E-state index in [1.807, 2.05) is 0 Å². The average Bonchev–Trinajstić information content (AvgIpc) is 2.53. The summed E-state index contributed by atoms with van der Waals surface area (Å²) in [5.41, 5.74) is 0.832. The monoisotopic (exact) mass is 286 g/mol. The van der Waals surface area contributed by atoms with E-state index < -0.39 is 10.8 Å². The summed E-state index contributed by atoms with van der Waals surface area (Å²) in [6, 6.07) is 9.30.